The first-order chi connectivity index (χ1) is 13.2. The molecule has 1 aromatic carbocycles. The average Bonchev–Trinajstić information content (AvgIpc) is 3.14. The van der Waals surface area contributed by atoms with Crippen LogP contribution < -0.4 is 10.6 Å². The fourth-order valence-electron chi connectivity index (χ4n) is 5.08. The second-order valence-electron chi connectivity index (χ2n) is 8.28. The molecule has 1 aromatic rings. The molecule has 4 unspecified atom stereocenters. The average molecular weight is 379 g/mol. The zero-order valence-electron chi connectivity index (χ0n) is 15.9. The van der Waals surface area contributed by atoms with E-state index in [1.54, 1.807) is 0 Å². The summed E-state index contributed by atoms with van der Waals surface area (Å²) in [5.74, 6) is -0.265. The number of likely N-dealkylation sites (tertiary alicyclic amines) is 1. The number of hydrogen-bond donors (Lipinski definition) is 2. The minimum atomic E-state index is -0.440. The third kappa shape index (κ3) is 4.67. The Balaban J connectivity index is 1.34. The van der Waals surface area contributed by atoms with Crippen LogP contribution in [0.1, 0.15) is 37.7 Å². The Morgan fingerprint density at radius 2 is 2.00 bits per heavy atom. The van der Waals surface area contributed by atoms with E-state index in [1.165, 1.54) is 37.5 Å². The lowest BCUT2D eigenvalue weighted by molar-refractivity contribution is 0.0502. The Labute approximate surface area is 160 Å². The van der Waals surface area contributed by atoms with E-state index in [9.17, 15) is 8.78 Å². The Bertz CT molecular complexity index is 603. The first kappa shape index (κ1) is 19.2. The highest BCUT2D eigenvalue weighted by atomic mass is 19.1. The molecule has 6 heteroatoms. The van der Waals surface area contributed by atoms with Gasteiger partial charge in [-0.2, -0.15) is 0 Å². The lowest BCUT2D eigenvalue weighted by Gasteiger charge is -2.38. The molecule has 27 heavy (non-hydrogen) atoms. The number of hydrogen-bond acceptors (Lipinski definition) is 4. The summed E-state index contributed by atoms with van der Waals surface area (Å²) in [6.45, 7) is 4.67. The fourth-order valence-corrected chi connectivity index (χ4v) is 5.08. The minimum Gasteiger partial charge on any atom is -0.379 e. The van der Waals surface area contributed by atoms with E-state index in [1.807, 2.05) is 0 Å². The Kier molecular flexibility index (Phi) is 6.38. The van der Waals surface area contributed by atoms with Gasteiger partial charge in [-0.15, -0.1) is 0 Å². The largest absolute Gasteiger partial charge is 0.379 e. The maximum atomic E-state index is 14.0. The zero-order valence-corrected chi connectivity index (χ0v) is 15.9. The monoisotopic (exact) mass is 379 g/mol. The summed E-state index contributed by atoms with van der Waals surface area (Å²) < 4.78 is 33.6. The standard InChI is InChI=1S/C21H31F2N3O/c22-18-6-2-7-19(23)17(18)13-26-10-3-4-15(12-26)25-20-8-1-5-16(20)21-14-27-11-9-24-21/h2,6-7,15-16,20-21,24-25H,1,3-5,8-14H2. The van der Waals surface area contributed by atoms with Crippen molar-refractivity contribution in [3.05, 3.63) is 35.4 Å². The summed E-state index contributed by atoms with van der Waals surface area (Å²) in [7, 11) is 0. The normalized spacial score (nSPS) is 32.7. The summed E-state index contributed by atoms with van der Waals surface area (Å²) in [6.07, 6.45) is 5.91. The smallest absolute Gasteiger partial charge is 0.130 e. The van der Waals surface area contributed by atoms with E-state index in [0.717, 1.165) is 45.7 Å². The van der Waals surface area contributed by atoms with Crippen LogP contribution in [0.15, 0.2) is 18.2 Å². The van der Waals surface area contributed by atoms with Crippen LogP contribution in [0.25, 0.3) is 0 Å². The van der Waals surface area contributed by atoms with Gasteiger partial charge in [0.25, 0.3) is 0 Å². The van der Waals surface area contributed by atoms with Gasteiger partial charge in [0.1, 0.15) is 11.6 Å². The van der Waals surface area contributed by atoms with Crippen LogP contribution in [0.4, 0.5) is 8.78 Å². The van der Waals surface area contributed by atoms with Gasteiger partial charge in [-0.3, -0.25) is 4.90 Å². The minimum absolute atomic E-state index is 0.195. The molecule has 2 N–H and O–H groups in total. The van der Waals surface area contributed by atoms with Gasteiger partial charge in [-0.05, 0) is 50.3 Å². The maximum absolute atomic E-state index is 14.0. The molecule has 1 saturated carbocycles. The SMILES string of the molecule is Fc1cccc(F)c1CN1CCCC(NC2CCCC2C2COCCN2)C1. The number of halogens is 2. The number of nitrogens with zero attached hydrogens (tertiary/aromatic N) is 1. The molecule has 2 aliphatic heterocycles. The highest BCUT2D eigenvalue weighted by Gasteiger charge is 2.36. The van der Waals surface area contributed by atoms with Crippen molar-refractivity contribution >= 4 is 0 Å². The first-order valence-corrected chi connectivity index (χ1v) is 10.4. The molecule has 2 saturated heterocycles. The number of piperidine rings is 1. The summed E-state index contributed by atoms with van der Waals surface area (Å²) in [5, 5.41) is 7.51. The topological polar surface area (TPSA) is 36.5 Å². The molecule has 0 spiro atoms. The summed E-state index contributed by atoms with van der Waals surface area (Å²) >= 11 is 0. The van der Waals surface area contributed by atoms with E-state index in [2.05, 4.69) is 15.5 Å². The first-order valence-electron chi connectivity index (χ1n) is 10.4. The van der Waals surface area contributed by atoms with Crippen molar-refractivity contribution in [3.8, 4) is 0 Å². The van der Waals surface area contributed by atoms with Crippen LogP contribution in [0, 0.1) is 17.6 Å². The Hall–Kier alpha value is -1.08. The molecule has 0 radical (unpaired) electrons. The van der Waals surface area contributed by atoms with Gasteiger partial charge in [-0.25, -0.2) is 8.78 Å². The van der Waals surface area contributed by atoms with Crippen LogP contribution in [-0.4, -0.2) is 55.9 Å². The second-order valence-corrected chi connectivity index (χ2v) is 8.28. The van der Waals surface area contributed by atoms with E-state index >= 15 is 0 Å². The van der Waals surface area contributed by atoms with Crippen LogP contribution >= 0.6 is 0 Å². The van der Waals surface area contributed by atoms with Crippen LogP contribution in [0.2, 0.25) is 0 Å². The van der Waals surface area contributed by atoms with Crippen molar-refractivity contribution in [1.82, 2.24) is 15.5 Å². The van der Waals surface area contributed by atoms with Crippen molar-refractivity contribution in [2.24, 2.45) is 5.92 Å². The van der Waals surface area contributed by atoms with E-state index in [0.29, 0.717) is 30.6 Å². The molecule has 0 aromatic heterocycles. The maximum Gasteiger partial charge on any atom is 0.130 e. The summed E-state index contributed by atoms with van der Waals surface area (Å²) in [4.78, 5) is 2.19. The molecule has 1 aliphatic carbocycles. The highest BCUT2D eigenvalue weighted by Crippen LogP contribution is 2.30. The summed E-state index contributed by atoms with van der Waals surface area (Å²) in [6, 6.07) is 5.48. The molecule has 4 nitrogen and oxygen atoms in total. The van der Waals surface area contributed by atoms with Crippen LogP contribution in [0.3, 0.4) is 0 Å². The second kappa shape index (κ2) is 8.95. The number of rotatable bonds is 5. The quantitative estimate of drug-likeness (QED) is 0.825. The van der Waals surface area contributed by atoms with Gasteiger partial charge in [0.2, 0.25) is 0 Å². The predicted molar refractivity (Wildman–Crippen MR) is 102 cm³/mol. The molecule has 0 bridgehead atoms. The summed E-state index contributed by atoms with van der Waals surface area (Å²) in [5.41, 5.74) is 0.195. The third-order valence-electron chi connectivity index (χ3n) is 6.44. The molecule has 4 atom stereocenters. The number of nitrogens with one attached hydrogen (secondary N) is 2. The van der Waals surface area contributed by atoms with E-state index in [4.69, 9.17) is 4.74 Å². The van der Waals surface area contributed by atoms with Gasteiger partial charge in [0, 0.05) is 43.3 Å². The molecular formula is C21H31F2N3O. The lowest BCUT2D eigenvalue weighted by atomic mass is 9.92. The van der Waals surface area contributed by atoms with Crippen LogP contribution in [0.5, 0.6) is 0 Å². The van der Waals surface area contributed by atoms with Crippen molar-refractivity contribution in [2.75, 3.05) is 32.8 Å². The molecule has 4 rings (SSSR count). The number of benzene rings is 1. The lowest BCUT2D eigenvalue weighted by Crippen LogP contribution is -2.55. The predicted octanol–water partition coefficient (Wildman–Crippen LogP) is 2.68. The molecule has 2 heterocycles. The molecule has 0 amide bonds. The van der Waals surface area contributed by atoms with Gasteiger partial charge in [-0.1, -0.05) is 12.5 Å². The molecule has 3 fully saturated rings. The highest BCUT2D eigenvalue weighted by molar-refractivity contribution is 5.19. The number of morpholine rings is 1. The van der Waals surface area contributed by atoms with Crippen molar-refractivity contribution in [1.29, 1.82) is 0 Å². The molecule has 150 valence electrons. The van der Waals surface area contributed by atoms with Crippen molar-refractivity contribution < 1.29 is 13.5 Å². The fraction of sp³-hybridized carbons (Fsp3) is 0.714. The molecule has 3 aliphatic rings. The Morgan fingerprint density at radius 1 is 1.15 bits per heavy atom. The van der Waals surface area contributed by atoms with Gasteiger partial charge >= 0.3 is 0 Å². The molecular weight excluding hydrogens is 348 g/mol. The van der Waals surface area contributed by atoms with E-state index < -0.39 is 11.6 Å². The van der Waals surface area contributed by atoms with Gasteiger partial charge in [0.05, 0.1) is 13.2 Å². The van der Waals surface area contributed by atoms with Crippen molar-refractivity contribution in [3.63, 3.8) is 0 Å². The van der Waals surface area contributed by atoms with E-state index in [-0.39, 0.29) is 5.56 Å². The van der Waals surface area contributed by atoms with Crippen molar-refractivity contribution in [2.45, 2.75) is 56.8 Å². The van der Waals surface area contributed by atoms with Gasteiger partial charge < -0.3 is 15.4 Å². The number of ether oxygens (including phenoxy) is 1. The van der Waals surface area contributed by atoms with Gasteiger partial charge in [0.15, 0.2) is 0 Å². The Morgan fingerprint density at radius 3 is 2.78 bits per heavy atom. The van der Waals surface area contributed by atoms with Crippen LogP contribution in [-0.2, 0) is 11.3 Å². The third-order valence-corrected chi connectivity index (χ3v) is 6.44. The zero-order chi connectivity index (χ0) is 18.6.